The summed E-state index contributed by atoms with van der Waals surface area (Å²) >= 11 is 0. The second kappa shape index (κ2) is 6.43. The predicted octanol–water partition coefficient (Wildman–Crippen LogP) is 4.68. The molecule has 0 atom stereocenters. The summed E-state index contributed by atoms with van der Waals surface area (Å²) in [5, 5.41) is 5.26. The minimum Gasteiger partial charge on any atom is -0.357 e. The van der Waals surface area contributed by atoms with Crippen molar-refractivity contribution in [3.8, 4) is 0 Å². The molecule has 1 aliphatic heterocycles. The van der Waals surface area contributed by atoms with E-state index >= 15 is 0 Å². The van der Waals surface area contributed by atoms with Gasteiger partial charge in [-0.05, 0) is 75.5 Å². The number of nitrogens with zero attached hydrogens (tertiary/aromatic N) is 1. The number of fused-ring (bicyclic) bond motifs is 4. The van der Waals surface area contributed by atoms with E-state index in [9.17, 15) is 4.39 Å². The van der Waals surface area contributed by atoms with Crippen LogP contribution in [0.5, 0.6) is 0 Å². The Hall–Kier alpha value is -2.17. The van der Waals surface area contributed by atoms with Crippen LogP contribution in [0.25, 0.3) is 10.9 Å². The molecule has 2 heterocycles. The molecule has 2 aromatic carbocycles. The van der Waals surface area contributed by atoms with Crippen molar-refractivity contribution in [2.45, 2.75) is 43.2 Å². The van der Waals surface area contributed by atoms with Gasteiger partial charge in [0.05, 0.1) is 5.54 Å². The zero-order valence-electron chi connectivity index (χ0n) is 16.7. The SMILES string of the molecule is CN(C)C1(c2ccc(F)cc2)CCC2(CC1)NCCc1c2[nH]c2ccccc12. The fourth-order valence-corrected chi connectivity index (χ4v) is 5.65. The van der Waals surface area contributed by atoms with E-state index in [0.717, 1.165) is 38.6 Å². The quantitative estimate of drug-likeness (QED) is 0.679. The molecular weight excluding hydrogens is 349 g/mol. The van der Waals surface area contributed by atoms with Gasteiger partial charge in [0.2, 0.25) is 0 Å². The molecule has 0 saturated heterocycles. The molecule has 4 heteroatoms. The lowest BCUT2D eigenvalue weighted by molar-refractivity contribution is 0.0496. The molecule has 1 fully saturated rings. The first-order valence-electron chi connectivity index (χ1n) is 10.3. The van der Waals surface area contributed by atoms with Gasteiger partial charge in [-0.3, -0.25) is 4.90 Å². The van der Waals surface area contributed by atoms with E-state index in [1.807, 2.05) is 12.1 Å². The summed E-state index contributed by atoms with van der Waals surface area (Å²) in [5.74, 6) is -0.165. The lowest BCUT2D eigenvalue weighted by Gasteiger charge is -2.51. The number of rotatable bonds is 2. The van der Waals surface area contributed by atoms with E-state index in [1.54, 1.807) is 12.1 Å². The Morgan fingerprint density at radius 3 is 2.36 bits per heavy atom. The first-order valence-corrected chi connectivity index (χ1v) is 10.3. The lowest BCUT2D eigenvalue weighted by Crippen LogP contribution is -2.55. The van der Waals surface area contributed by atoms with Gasteiger partial charge in [0.1, 0.15) is 5.82 Å². The summed E-state index contributed by atoms with van der Waals surface area (Å²) in [6.45, 7) is 1.03. The Labute approximate surface area is 165 Å². The second-order valence-electron chi connectivity index (χ2n) is 8.72. The molecule has 2 N–H and O–H groups in total. The third-order valence-corrected chi connectivity index (χ3v) is 7.30. The third-order valence-electron chi connectivity index (χ3n) is 7.30. The number of aromatic nitrogens is 1. The highest BCUT2D eigenvalue weighted by molar-refractivity contribution is 5.85. The third kappa shape index (κ3) is 2.55. The number of hydrogen-bond donors (Lipinski definition) is 2. The van der Waals surface area contributed by atoms with Crippen LogP contribution in [0.1, 0.15) is 42.5 Å². The summed E-state index contributed by atoms with van der Waals surface area (Å²) in [7, 11) is 4.31. The van der Waals surface area contributed by atoms with Crippen molar-refractivity contribution in [3.05, 3.63) is 71.2 Å². The number of halogens is 1. The monoisotopic (exact) mass is 377 g/mol. The van der Waals surface area contributed by atoms with E-state index in [4.69, 9.17) is 0 Å². The fourth-order valence-electron chi connectivity index (χ4n) is 5.65. The molecule has 146 valence electrons. The molecule has 0 amide bonds. The molecule has 3 nitrogen and oxygen atoms in total. The van der Waals surface area contributed by atoms with Crippen LogP contribution in [0.3, 0.4) is 0 Å². The maximum Gasteiger partial charge on any atom is 0.123 e. The van der Waals surface area contributed by atoms with Gasteiger partial charge < -0.3 is 10.3 Å². The maximum absolute atomic E-state index is 13.5. The molecule has 1 aliphatic carbocycles. The van der Waals surface area contributed by atoms with Gasteiger partial charge >= 0.3 is 0 Å². The van der Waals surface area contributed by atoms with Crippen LogP contribution < -0.4 is 5.32 Å². The Balaban J connectivity index is 1.52. The van der Waals surface area contributed by atoms with E-state index in [0.29, 0.717) is 0 Å². The van der Waals surface area contributed by atoms with Crippen molar-refractivity contribution in [1.29, 1.82) is 0 Å². The smallest absolute Gasteiger partial charge is 0.123 e. The van der Waals surface area contributed by atoms with Crippen molar-refractivity contribution in [2.75, 3.05) is 20.6 Å². The summed E-state index contributed by atoms with van der Waals surface area (Å²) in [5.41, 5.74) is 5.34. The summed E-state index contributed by atoms with van der Waals surface area (Å²) in [4.78, 5) is 6.09. The Kier molecular flexibility index (Phi) is 4.11. The molecule has 0 bridgehead atoms. The second-order valence-corrected chi connectivity index (χ2v) is 8.72. The highest BCUT2D eigenvalue weighted by Crippen LogP contribution is 2.50. The Morgan fingerprint density at radius 2 is 1.64 bits per heavy atom. The molecular formula is C24H28FN3. The predicted molar refractivity (Wildman–Crippen MR) is 112 cm³/mol. The summed E-state index contributed by atoms with van der Waals surface area (Å²) < 4.78 is 13.5. The van der Waals surface area contributed by atoms with Crippen LogP contribution in [-0.4, -0.2) is 30.5 Å². The average molecular weight is 378 g/mol. The number of benzene rings is 2. The molecule has 1 spiro atoms. The van der Waals surface area contributed by atoms with Crippen LogP contribution in [0, 0.1) is 5.82 Å². The van der Waals surface area contributed by atoms with E-state index in [-0.39, 0.29) is 16.9 Å². The van der Waals surface area contributed by atoms with Crippen molar-refractivity contribution >= 4 is 10.9 Å². The minimum absolute atomic E-state index is 0.0200. The van der Waals surface area contributed by atoms with Gasteiger partial charge in [0.25, 0.3) is 0 Å². The highest BCUT2D eigenvalue weighted by atomic mass is 19.1. The summed E-state index contributed by atoms with van der Waals surface area (Å²) in [6, 6.07) is 15.8. The average Bonchev–Trinajstić information content (AvgIpc) is 3.10. The Bertz CT molecular complexity index is 994. The molecule has 3 aromatic rings. The standard InChI is InChI=1S/C24H28FN3/c1-28(2)24(17-7-9-18(25)10-8-17)14-12-23(13-15-24)22-20(11-16-26-23)19-5-3-4-6-21(19)27-22/h3-10,26-27H,11-16H2,1-2H3. The number of nitrogens with one attached hydrogen (secondary N) is 2. The molecule has 0 unspecified atom stereocenters. The van der Waals surface area contributed by atoms with Gasteiger partial charge in [-0.25, -0.2) is 4.39 Å². The molecule has 0 radical (unpaired) electrons. The van der Waals surface area contributed by atoms with Crippen molar-refractivity contribution < 1.29 is 4.39 Å². The van der Waals surface area contributed by atoms with Crippen LogP contribution >= 0.6 is 0 Å². The zero-order chi connectivity index (χ0) is 19.4. The first-order chi connectivity index (χ1) is 13.5. The topological polar surface area (TPSA) is 31.1 Å². The van der Waals surface area contributed by atoms with Gasteiger partial charge in [0.15, 0.2) is 0 Å². The van der Waals surface area contributed by atoms with E-state index in [2.05, 4.69) is 53.6 Å². The normalized spacial score (nSPS) is 27.4. The largest absolute Gasteiger partial charge is 0.357 e. The molecule has 5 rings (SSSR count). The number of hydrogen-bond acceptors (Lipinski definition) is 2. The fraction of sp³-hybridized carbons (Fsp3) is 0.417. The highest BCUT2D eigenvalue weighted by Gasteiger charge is 2.48. The molecule has 1 saturated carbocycles. The van der Waals surface area contributed by atoms with Crippen molar-refractivity contribution in [3.63, 3.8) is 0 Å². The minimum atomic E-state index is -0.165. The van der Waals surface area contributed by atoms with Crippen molar-refractivity contribution in [1.82, 2.24) is 15.2 Å². The summed E-state index contributed by atoms with van der Waals surface area (Å²) in [6.07, 6.45) is 5.32. The lowest BCUT2D eigenvalue weighted by atomic mass is 9.66. The first kappa shape index (κ1) is 17.9. The Morgan fingerprint density at radius 1 is 0.929 bits per heavy atom. The van der Waals surface area contributed by atoms with Crippen LogP contribution in [0.2, 0.25) is 0 Å². The van der Waals surface area contributed by atoms with Gasteiger partial charge in [0, 0.05) is 28.7 Å². The van der Waals surface area contributed by atoms with Crippen LogP contribution in [-0.2, 0) is 17.5 Å². The molecule has 2 aliphatic rings. The number of aromatic amines is 1. The van der Waals surface area contributed by atoms with Crippen LogP contribution in [0.4, 0.5) is 4.39 Å². The van der Waals surface area contributed by atoms with Gasteiger partial charge in [-0.15, -0.1) is 0 Å². The molecule has 28 heavy (non-hydrogen) atoms. The molecule has 1 aromatic heterocycles. The van der Waals surface area contributed by atoms with Crippen molar-refractivity contribution in [2.24, 2.45) is 0 Å². The van der Waals surface area contributed by atoms with E-state index in [1.165, 1.54) is 27.7 Å². The zero-order valence-corrected chi connectivity index (χ0v) is 16.7. The maximum atomic E-state index is 13.5. The van der Waals surface area contributed by atoms with Crippen LogP contribution in [0.15, 0.2) is 48.5 Å². The number of H-pyrrole nitrogens is 1. The van der Waals surface area contributed by atoms with Gasteiger partial charge in [-0.2, -0.15) is 0 Å². The number of para-hydroxylation sites is 1. The van der Waals surface area contributed by atoms with E-state index < -0.39 is 0 Å². The van der Waals surface area contributed by atoms with Gasteiger partial charge in [-0.1, -0.05) is 30.3 Å².